The fourth-order valence-corrected chi connectivity index (χ4v) is 2.04. The lowest BCUT2D eigenvalue weighted by molar-refractivity contribution is -0.143. The van der Waals surface area contributed by atoms with Gasteiger partial charge in [-0.25, -0.2) is 9.59 Å². The van der Waals surface area contributed by atoms with Crippen LogP contribution < -0.4 is 5.32 Å². The van der Waals surface area contributed by atoms with Crippen LogP contribution in [0, 0.1) is 5.92 Å². The summed E-state index contributed by atoms with van der Waals surface area (Å²) >= 11 is 0. The Morgan fingerprint density at radius 1 is 1.09 bits per heavy atom. The molecule has 0 fully saturated rings. The number of rotatable bonds is 8. The fourth-order valence-electron chi connectivity index (χ4n) is 2.04. The number of aliphatic carboxylic acids is 1. The molecule has 4 N–H and O–H groups in total. The van der Waals surface area contributed by atoms with Gasteiger partial charge in [-0.3, -0.25) is 4.79 Å². The average molecular weight is 323 g/mol. The van der Waals surface area contributed by atoms with Gasteiger partial charge in [-0.15, -0.1) is 0 Å². The summed E-state index contributed by atoms with van der Waals surface area (Å²) in [5.74, 6) is -2.93. The van der Waals surface area contributed by atoms with Crippen molar-refractivity contribution in [3.05, 3.63) is 35.4 Å². The molecule has 0 radical (unpaired) electrons. The van der Waals surface area contributed by atoms with Crippen LogP contribution in [0.3, 0.4) is 0 Å². The van der Waals surface area contributed by atoms with Crippen LogP contribution in [0.4, 0.5) is 0 Å². The van der Waals surface area contributed by atoms with E-state index in [1.54, 1.807) is 0 Å². The van der Waals surface area contributed by atoms with E-state index < -0.39 is 30.0 Å². The van der Waals surface area contributed by atoms with Crippen molar-refractivity contribution < 1.29 is 29.7 Å². The molecule has 7 heteroatoms. The average Bonchev–Trinajstić information content (AvgIpc) is 2.46. The Morgan fingerprint density at radius 2 is 1.65 bits per heavy atom. The number of carboxylic acids is 2. The molecular formula is C16H21NO6. The maximum atomic E-state index is 11.8. The summed E-state index contributed by atoms with van der Waals surface area (Å²) < 4.78 is 0. The van der Waals surface area contributed by atoms with E-state index in [9.17, 15) is 24.6 Å². The molecule has 1 aromatic rings. The van der Waals surface area contributed by atoms with E-state index in [1.807, 2.05) is 13.8 Å². The lowest BCUT2D eigenvalue weighted by Gasteiger charge is -2.18. The summed E-state index contributed by atoms with van der Waals surface area (Å²) in [5.41, 5.74) is 0.665. The zero-order chi connectivity index (χ0) is 17.6. The highest BCUT2D eigenvalue weighted by Crippen LogP contribution is 2.09. The highest BCUT2D eigenvalue weighted by Gasteiger charge is 2.24. The van der Waals surface area contributed by atoms with Crippen LogP contribution >= 0.6 is 0 Å². The van der Waals surface area contributed by atoms with Gasteiger partial charge in [0, 0.05) is 6.42 Å². The van der Waals surface area contributed by atoms with Crippen molar-refractivity contribution in [3.8, 4) is 0 Å². The third kappa shape index (κ3) is 6.07. The van der Waals surface area contributed by atoms with Crippen molar-refractivity contribution in [2.45, 2.75) is 38.8 Å². The summed E-state index contributed by atoms with van der Waals surface area (Å²) in [4.78, 5) is 33.9. The first-order valence-electron chi connectivity index (χ1n) is 7.24. The lowest BCUT2D eigenvalue weighted by atomic mass is 10.0. The summed E-state index contributed by atoms with van der Waals surface area (Å²) in [7, 11) is 0. The molecule has 1 rings (SSSR count). The van der Waals surface area contributed by atoms with E-state index in [2.05, 4.69) is 5.32 Å². The molecule has 0 spiro atoms. The zero-order valence-electron chi connectivity index (χ0n) is 13.0. The van der Waals surface area contributed by atoms with Crippen molar-refractivity contribution in [1.82, 2.24) is 5.32 Å². The molecule has 1 aromatic carbocycles. The highest BCUT2D eigenvalue weighted by atomic mass is 16.4. The number of aliphatic hydroxyl groups excluding tert-OH is 1. The van der Waals surface area contributed by atoms with Gasteiger partial charge in [-0.2, -0.15) is 0 Å². The van der Waals surface area contributed by atoms with Crippen molar-refractivity contribution in [1.29, 1.82) is 0 Å². The van der Waals surface area contributed by atoms with E-state index in [0.29, 0.717) is 5.56 Å². The molecule has 0 heterocycles. The number of carboxylic acid groups (broad SMARTS) is 2. The van der Waals surface area contributed by atoms with E-state index in [-0.39, 0.29) is 24.3 Å². The minimum Gasteiger partial charge on any atom is -0.480 e. The molecule has 0 aliphatic carbocycles. The topological polar surface area (TPSA) is 124 Å². The van der Waals surface area contributed by atoms with Crippen LogP contribution in [0.15, 0.2) is 24.3 Å². The van der Waals surface area contributed by atoms with Gasteiger partial charge in [0.1, 0.15) is 12.1 Å². The molecule has 0 aliphatic rings. The van der Waals surface area contributed by atoms with Gasteiger partial charge in [0.05, 0.1) is 5.56 Å². The second kappa shape index (κ2) is 8.28. The Kier molecular flexibility index (Phi) is 6.71. The van der Waals surface area contributed by atoms with Gasteiger partial charge < -0.3 is 20.6 Å². The molecule has 0 aliphatic heterocycles. The number of amides is 1. The minimum absolute atomic E-state index is 0.00459. The minimum atomic E-state index is -1.26. The number of hydrogen-bond donors (Lipinski definition) is 4. The van der Waals surface area contributed by atoms with Crippen molar-refractivity contribution in [2.75, 3.05) is 0 Å². The van der Waals surface area contributed by atoms with Gasteiger partial charge in [0.2, 0.25) is 5.91 Å². The van der Waals surface area contributed by atoms with Gasteiger partial charge >= 0.3 is 11.9 Å². The first-order chi connectivity index (χ1) is 10.7. The van der Waals surface area contributed by atoms with Crippen LogP contribution in [0.2, 0.25) is 0 Å². The maximum absolute atomic E-state index is 11.8. The number of hydrogen-bond acceptors (Lipinski definition) is 4. The van der Waals surface area contributed by atoms with Gasteiger partial charge in [0.25, 0.3) is 0 Å². The number of carbonyl (C=O) groups excluding carboxylic acids is 1. The quantitative estimate of drug-likeness (QED) is 0.563. The fraction of sp³-hybridized carbons (Fsp3) is 0.438. The predicted molar refractivity (Wildman–Crippen MR) is 82.1 cm³/mol. The summed E-state index contributed by atoms with van der Waals surface area (Å²) in [5, 5.41) is 30.0. The van der Waals surface area contributed by atoms with E-state index in [4.69, 9.17) is 5.11 Å². The molecule has 0 aromatic heterocycles. The third-order valence-electron chi connectivity index (χ3n) is 3.25. The summed E-state index contributed by atoms with van der Waals surface area (Å²) in [6.07, 6.45) is -1.02. The van der Waals surface area contributed by atoms with Crippen LogP contribution in [0.1, 0.15) is 36.2 Å². The van der Waals surface area contributed by atoms with Gasteiger partial charge in [-0.05, 0) is 30.0 Å². The van der Waals surface area contributed by atoms with Gasteiger partial charge in [-0.1, -0.05) is 26.0 Å². The van der Waals surface area contributed by atoms with Crippen LogP contribution in [0.25, 0.3) is 0 Å². The molecular weight excluding hydrogens is 302 g/mol. The van der Waals surface area contributed by atoms with Crippen LogP contribution in [-0.2, 0) is 16.0 Å². The molecule has 1 amide bonds. The zero-order valence-corrected chi connectivity index (χ0v) is 13.0. The first-order valence-corrected chi connectivity index (χ1v) is 7.24. The number of aliphatic hydroxyl groups is 1. The van der Waals surface area contributed by atoms with E-state index >= 15 is 0 Å². The van der Waals surface area contributed by atoms with Gasteiger partial charge in [0.15, 0.2) is 0 Å². The Hall–Kier alpha value is -2.41. The molecule has 0 bridgehead atoms. The molecule has 0 saturated carbocycles. The maximum Gasteiger partial charge on any atom is 0.335 e. The Morgan fingerprint density at radius 3 is 2.09 bits per heavy atom. The second-order valence-corrected chi connectivity index (χ2v) is 5.75. The smallest absolute Gasteiger partial charge is 0.335 e. The lowest BCUT2D eigenvalue weighted by Crippen LogP contribution is -2.46. The monoisotopic (exact) mass is 323 g/mol. The molecule has 0 saturated heterocycles. The van der Waals surface area contributed by atoms with Crippen molar-refractivity contribution in [3.63, 3.8) is 0 Å². The Labute approximate surface area is 133 Å². The highest BCUT2D eigenvalue weighted by molar-refractivity contribution is 5.88. The first kappa shape index (κ1) is 18.6. The molecule has 0 unspecified atom stereocenters. The predicted octanol–water partition coefficient (Wildman–Crippen LogP) is 0.904. The summed E-state index contributed by atoms with van der Waals surface area (Å²) in [6, 6.07) is 4.53. The number of aromatic carboxylic acids is 1. The summed E-state index contributed by atoms with van der Waals surface area (Å²) in [6.45, 7) is 3.68. The SMILES string of the molecule is CC(C)C[C@@H](O)C(=O)N[C@H](Cc1ccc(C(=O)O)cc1)C(=O)O. The number of benzene rings is 1. The third-order valence-corrected chi connectivity index (χ3v) is 3.25. The van der Waals surface area contributed by atoms with E-state index in [0.717, 1.165) is 0 Å². The molecule has 2 atom stereocenters. The van der Waals surface area contributed by atoms with Crippen molar-refractivity contribution >= 4 is 17.8 Å². The molecule has 126 valence electrons. The molecule has 7 nitrogen and oxygen atoms in total. The van der Waals surface area contributed by atoms with Crippen molar-refractivity contribution in [2.24, 2.45) is 5.92 Å². The normalized spacial score (nSPS) is 13.4. The Balaban J connectivity index is 2.73. The number of carbonyl (C=O) groups is 3. The van der Waals surface area contributed by atoms with E-state index in [1.165, 1.54) is 24.3 Å². The van der Waals surface area contributed by atoms with Crippen LogP contribution in [-0.4, -0.2) is 45.3 Å². The molecule has 23 heavy (non-hydrogen) atoms. The standard InChI is InChI=1S/C16H21NO6/c1-9(2)7-13(18)14(19)17-12(16(22)23)8-10-3-5-11(6-4-10)15(20)21/h3-6,9,12-13,18H,7-8H2,1-2H3,(H,17,19)(H,20,21)(H,22,23)/t12-,13-/m1/s1. The van der Waals surface area contributed by atoms with Crippen LogP contribution in [0.5, 0.6) is 0 Å². The number of nitrogens with one attached hydrogen (secondary N) is 1. The largest absolute Gasteiger partial charge is 0.480 e. The Bertz CT molecular complexity index is 566. The second-order valence-electron chi connectivity index (χ2n) is 5.75.